The van der Waals surface area contributed by atoms with Crippen LogP contribution in [0.2, 0.25) is 0 Å². The van der Waals surface area contributed by atoms with Crippen molar-refractivity contribution in [1.29, 1.82) is 0 Å². The summed E-state index contributed by atoms with van der Waals surface area (Å²) in [6.07, 6.45) is 4.23. The van der Waals surface area contributed by atoms with E-state index in [0.29, 0.717) is 12.0 Å². The van der Waals surface area contributed by atoms with E-state index in [0.717, 1.165) is 47.2 Å². The third-order valence-corrected chi connectivity index (χ3v) is 9.11. The molecule has 5 rings (SSSR count). The molecule has 2 aliphatic heterocycles. The lowest BCUT2D eigenvalue weighted by molar-refractivity contribution is 0.0982. The van der Waals surface area contributed by atoms with Gasteiger partial charge in [-0.05, 0) is 69.7 Å². The van der Waals surface area contributed by atoms with E-state index in [1.54, 1.807) is 0 Å². The van der Waals surface area contributed by atoms with Crippen molar-refractivity contribution in [1.82, 2.24) is 19.8 Å². The van der Waals surface area contributed by atoms with Gasteiger partial charge >= 0.3 is 0 Å². The largest absolute Gasteiger partial charge is 0.397 e. The molecule has 1 aromatic heterocycles. The second kappa shape index (κ2) is 11.9. The topological polar surface area (TPSA) is 85.6 Å². The van der Waals surface area contributed by atoms with Crippen molar-refractivity contribution in [3.63, 3.8) is 0 Å². The van der Waals surface area contributed by atoms with Crippen LogP contribution < -0.4 is 26.6 Å². The van der Waals surface area contributed by atoms with Gasteiger partial charge in [0.2, 0.25) is 5.95 Å². The van der Waals surface area contributed by atoms with Gasteiger partial charge in [0.05, 0.1) is 11.4 Å². The van der Waals surface area contributed by atoms with Crippen molar-refractivity contribution in [2.75, 3.05) is 80.9 Å². The normalized spacial score (nSPS) is 17.7. The predicted molar refractivity (Wildman–Crippen MR) is 163 cm³/mol. The number of nitrogens with two attached hydrogens (primary N) is 1. The van der Waals surface area contributed by atoms with Gasteiger partial charge in [0.1, 0.15) is 5.82 Å². The van der Waals surface area contributed by atoms with Crippen molar-refractivity contribution >= 4 is 47.7 Å². The highest BCUT2D eigenvalue weighted by molar-refractivity contribution is 7.64. The zero-order valence-electron chi connectivity index (χ0n) is 23.1. The Morgan fingerprint density at radius 2 is 1.68 bits per heavy atom. The summed E-state index contributed by atoms with van der Waals surface area (Å²) in [5.74, 6) is 1.35. The van der Waals surface area contributed by atoms with Gasteiger partial charge in [0, 0.05) is 68.4 Å². The van der Waals surface area contributed by atoms with Crippen LogP contribution in [0.15, 0.2) is 48.7 Å². The van der Waals surface area contributed by atoms with Crippen LogP contribution in [0.5, 0.6) is 0 Å². The molecule has 0 atom stereocenters. The Bertz CT molecular complexity index is 1230. The molecule has 0 bridgehead atoms. The highest BCUT2D eigenvalue weighted by atomic mass is 31.1. The number of anilines is 6. The molecule has 0 spiro atoms. The predicted octanol–water partition coefficient (Wildman–Crippen LogP) is 4.44. The Morgan fingerprint density at radius 3 is 2.39 bits per heavy atom. The van der Waals surface area contributed by atoms with E-state index in [1.807, 2.05) is 19.2 Å². The van der Waals surface area contributed by atoms with Crippen molar-refractivity contribution in [3.8, 4) is 0 Å². The van der Waals surface area contributed by atoms with Crippen LogP contribution >= 0.6 is 7.92 Å². The monoisotopic (exact) mass is 532 g/mol. The maximum absolute atomic E-state index is 6.55. The molecule has 2 saturated heterocycles. The number of piperidine rings is 1. The van der Waals surface area contributed by atoms with Gasteiger partial charge in [0.25, 0.3) is 0 Å². The molecule has 4 N–H and O–H groups in total. The Balaban J connectivity index is 1.23. The molecule has 0 amide bonds. The highest BCUT2D eigenvalue weighted by Gasteiger charge is 2.27. The number of rotatable bonds is 7. The number of aromatic nitrogens is 2. The molecule has 2 aromatic carbocycles. The second-order valence-electron chi connectivity index (χ2n) is 10.7. The maximum Gasteiger partial charge on any atom is 0.229 e. The molecule has 0 aliphatic carbocycles. The van der Waals surface area contributed by atoms with Gasteiger partial charge in [0.15, 0.2) is 0 Å². The van der Waals surface area contributed by atoms with Gasteiger partial charge in [-0.2, -0.15) is 4.98 Å². The fourth-order valence-electron chi connectivity index (χ4n) is 5.43. The molecule has 38 heavy (non-hydrogen) atoms. The van der Waals surface area contributed by atoms with Crippen LogP contribution in [-0.4, -0.2) is 85.5 Å². The van der Waals surface area contributed by atoms with Crippen LogP contribution in [0.25, 0.3) is 0 Å². The van der Waals surface area contributed by atoms with Gasteiger partial charge in [-0.15, -0.1) is 0 Å². The molecule has 202 valence electrons. The number of aryl methyl sites for hydroxylation is 1. The van der Waals surface area contributed by atoms with E-state index in [4.69, 9.17) is 10.7 Å². The number of nitrogens with one attached hydrogen (secondary N) is 2. The first-order valence-corrected chi connectivity index (χ1v) is 15.8. The highest BCUT2D eigenvalue weighted by Crippen LogP contribution is 2.32. The standard InChI is InChI=1S/C29H41N8P/c1-21-20-31-29(34-28(21)33-25-7-5-6-8-27(25)38(3)4)32-22-9-10-26(24(30)19-22)37-13-11-23(12-14-37)36-17-15-35(2)16-18-36/h5-10,19-20,23H,11-18,30H2,1-4H3,(H2,31,32,33,34). The van der Waals surface area contributed by atoms with E-state index in [1.165, 1.54) is 44.3 Å². The van der Waals surface area contributed by atoms with E-state index in [-0.39, 0.29) is 7.92 Å². The van der Waals surface area contributed by atoms with Crippen LogP contribution in [0.1, 0.15) is 18.4 Å². The van der Waals surface area contributed by atoms with E-state index >= 15 is 0 Å². The number of hydrogen-bond acceptors (Lipinski definition) is 8. The molecule has 2 aliphatic rings. The Kier molecular flexibility index (Phi) is 8.32. The minimum atomic E-state index is -0.234. The average molecular weight is 533 g/mol. The average Bonchev–Trinajstić information content (AvgIpc) is 2.91. The first kappa shape index (κ1) is 26.7. The molecule has 0 radical (unpaired) electrons. The van der Waals surface area contributed by atoms with Gasteiger partial charge in [-0.3, -0.25) is 4.90 Å². The maximum atomic E-state index is 6.55. The quantitative estimate of drug-likeness (QED) is 0.304. The minimum Gasteiger partial charge on any atom is -0.397 e. The van der Waals surface area contributed by atoms with Crippen LogP contribution in [0.4, 0.5) is 34.5 Å². The van der Waals surface area contributed by atoms with Crippen LogP contribution in [0, 0.1) is 6.92 Å². The fourth-order valence-corrected chi connectivity index (χ4v) is 6.43. The lowest BCUT2D eigenvalue weighted by Crippen LogP contribution is -2.52. The Morgan fingerprint density at radius 1 is 0.947 bits per heavy atom. The number of piperazine rings is 1. The zero-order chi connectivity index (χ0) is 26.6. The number of para-hydroxylation sites is 1. The molecular formula is C29H41N8P. The summed E-state index contributed by atoms with van der Waals surface area (Å²) >= 11 is 0. The smallest absolute Gasteiger partial charge is 0.229 e. The third-order valence-electron chi connectivity index (χ3n) is 7.75. The van der Waals surface area contributed by atoms with Gasteiger partial charge in [-0.25, -0.2) is 4.98 Å². The second-order valence-corrected chi connectivity index (χ2v) is 13.0. The number of nitrogens with zero attached hydrogens (tertiary/aromatic N) is 5. The molecule has 0 unspecified atom stereocenters. The first-order chi connectivity index (χ1) is 18.4. The summed E-state index contributed by atoms with van der Waals surface area (Å²) in [4.78, 5) is 16.8. The van der Waals surface area contributed by atoms with E-state index in [9.17, 15) is 0 Å². The summed E-state index contributed by atoms with van der Waals surface area (Å²) in [6.45, 7) is 13.4. The minimum absolute atomic E-state index is 0.234. The van der Waals surface area contributed by atoms with Crippen molar-refractivity contribution in [2.45, 2.75) is 25.8 Å². The van der Waals surface area contributed by atoms with Gasteiger partial charge < -0.3 is 26.2 Å². The fraction of sp³-hybridized carbons (Fsp3) is 0.448. The summed E-state index contributed by atoms with van der Waals surface area (Å²) in [5.41, 5.74) is 11.4. The lowest BCUT2D eigenvalue weighted by atomic mass is 10.0. The molecule has 3 heterocycles. The molecule has 2 fully saturated rings. The van der Waals surface area contributed by atoms with Crippen molar-refractivity contribution in [3.05, 3.63) is 54.2 Å². The number of likely N-dealkylation sites (N-methyl/N-ethyl adjacent to an activating group) is 1. The number of hydrogen-bond donors (Lipinski definition) is 3. The third kappa shape index (κ3) is 6.20. The summed E-state index contributed by atoms with van der Waals surface area (Å²) in [6, 6.07) is 15.3. The van der Waals surface area contributed by atoms with Crippen molar-refractivity contribution < 1.29 is 0 Å². The molecule has 0 saturated carbocycles. The number of benzene rings is 2. The molecule has 9 heteroatoms. The van der Waals surface area contributed by atoms with Crippen LogP contribution in [0.3, 0.4) is 0 Å². The van der Waals surface area contributed by atoms with E-state index in [2.05, 4.69) is 87.1 Å². The molecular weight excluding hydrogens is 491 g/mol. The number of nitrogen functional groups attached to an aromatic ring is 1. The zero-order valence-corrected chi connectivity index (χ0v) is 24.0. The first-order valence-electron chi connectivity index (χ1n) is 13.6. The lowest BCUT2D eigenvalue weighted by Gasteiger charge is -2.42. The summed E-state index contributed by atoms with van der Waals surface area (Å²) < 4.78 is 0. The Labute approximate surface area is 228 Å². The van der Waals surface area contributed by atoms with Gasteiger partial charge in [-0.1, -0.05) is 26.1 Å². The summed E-state index contributed by atoms with van der Waals surface area (Å²) in [7, 11) is 1.98. The Hall–Kier alpha value is -2.93. The SMILES string of the molecule is Cc1cnc(Nc2ccc(N3CCC(N4CCN(C)CC4)CC3)c(N)c2)nc1Nc1ccccc1P(C)C. The van der Waals surface area contributed by atoms with Crippen molar-refractivity contribution in [2.24, 2.45) is 0 Å². The molecule has 8 nitrogen and oxygen atoms in total. The van der Waals surface area contributed by atoms with E-state index < -0.39 is 0 Å². The molecule has 3 aromatic rings. The van der Waals surface area contributed by atoms with Crippen LogP contribution in [-0.2, 0) is 0 Å². The summed E-state index contributed by atoms with van der Waals surface area (Å²) in [5, 5.41) is 8.21.